The van der Waals surface area contributed by atoms with Crippen molar-refractivity contribution < 1.29 is 23.4 Å². The number of aryl methyl sites for hydroxylation is 2. The maximum Gasteiger partial charge on any atom is 0.264 e. The number of nitrogens with zero attached hydrogens (tertiary/aromatic N) is 9. The third kappa shape index (κ3) is 10.2. The fourth-order valence-corrected chi connectivity index (χ4v) is 11.8. The van der Waals surface area contributed by atoms with E-state index in [9.17, 15) is 18.7 Å². The third-order valence-corrected chi connectivity index (χ3v) is 15.7. The molecule has 4 aliphatic heterocycles. The molecule has 0 radical (unpaired) electrons. The summed E-state index contributed by atoms with van der Waals surface area (Å²) in [6, 6.07) is 19.7. The van der Waals surface area contributed by atoms with Crippen LogP contribution in [0.15, 0.2) is 67.0 Å². The van der Waals surface area contributed by atoms with Crippen LogP contribution in [0.3, 0.4) is 0 Å². The number of nitrogens with one attached hydrogen (secondary N) is 1. The predicted octanol–water partition coefficient (Wildman–Crippen LogP) is 9.26. The molecule has 5 aliphatic rings. The van der Waals surface area contributed by atoms with Crippen LogP contribution in [-0.2, 0) is 31.2 Å². The van der Waals surface area contributed by atoms with E-state index in [0.717, 1.165) is 132 Å². The minimum atomic E-state index is -2.65. The molecule has 1 aliphatic carbocycles. The van der Waals surface area contributed by atoms with Crippen LogP contribution in [0.4, 0.5) is 26.0 Å². The van der Waals surface area contributed by atoms with Gasteiger partial charge in [0.1, 0.15) is 18.0 Å². The van der Waals surface area contributed by atoms with Crippen LogP contribution in [0.5, 0.6) is 5.75 Å². The van der Waals surface area contributed by atoms with Gasteiger partial charge in [0.25, 0.3) is 6.43 Å². The number of aliphatic hydroxyl groups excluding tert-OH is 1. The quantitative estimate of drug-likeness (QED) is 0.117. The number of likely N-dealkylation sites (tertiary alicyclic amines) is 1. The number of alkyl halides is 2. The van der Waals surface area contributed by atoms with E-state index < -0.39 is 12.7 Å². The average molecular weight is 962 g/mol. The van der Waals surface area contributed by atoms with Crippen LogP contribution < -0.4 is 19.9 Å². The number of benzene rings is 3. The van der Waals surface area contributed by atoms with Gasteiger partial charge in [-0.1, -0.05) is 23.7 Å². The van der Waals surface area contributed by atoms with Gasteiger partial charge < -0.3 is 29.4 Å². The summed E-state index contributed by atoms with van der Waals surface area (Å²) in [6.45, 7) is 8.50. The number of anilines is 3. The van der Waals surface area contributed by atoms with Crippen molar-refractivity contribution in [1.82, 2.24) is 34.7 Å². The minimum absolute atomic E-state index is 0.00358. The molecule has 1 atom stereocenters. The third-order valence-electron chi connectivity index (χ3n) is 15.4. The molecule has 0 spiro atoms. The Hall–Kier alpha value is -5.53. The van der Waals surface area contributed by atoms with E-state index in [0.29, 0.717) is 53.0 Å². The Morgan fingerprint density at radius 2 is 1.72 bits per heavy atom. The molecule has 69 heavy (non-hydrogen) atoms. The Morgan fingerprint density at radius 3 is 2.41 bits per heavy atom. The number of carbonyl (C=O) groups excluding carboxylic acids is 1. The number of aliphatic hydroxyl groups is 1. The zero-order valence-electron chi connectivity index (χ0n) is 39.7. The van der Waals surface area contributed by atoms with Gasteiger partial charge in [0.2, 0.25) is 5.91 Å². The summed E-state index contributed by atoms with van der Waals surface area (Å²) in [5.74, 6) is 2.14. The highest BCUT2D eigenvalue weighted by atomic mass is 35.5. The lowest BCUT2D eigenvalue weighted by Crippen LogP contribution is -2.42. The first-order chi connectivity index (χ1) is 33.5. The van der Waals surface area contributed by atoms with E-state index in [-0.39, 0.29) is 29.7 Å². The molecular formula is C53H63ClF2N10O3. The largest absolute Gasteiger partial charge is 0.490 e. The number of carbonyl (C=O) groups is 1. The van der Waals surface area contributed by atoms with Gasteiger partial charge in [-0.25, -0.2) is 8.78 Å². The molecule has 1 saturated carbocycles. The Balaban J connectivity index is 0.723. The van der Waals surface area contributed by atoms with Crippen molar-refractivity contribution in [2.24, 2.45) is 13.0 Å². The summed E-state index contributed by atoms with van der Waals surface area (Å²) >= 11 is 6.20. The zero-order chi connectivity index (χ0) is 47.8. The molecule has 3 aromatic carbocycles. The van der Waals surface area contributed by atoms with Crippen molar-refractivity contribution in [3.8, 4) is 22.9 Å². The van der Waals surface area contributed by atoms with Gasteiger partial charge in [-0.05, 0) is 123 Å². The van der Waals surface area contributed by atoms with Crippen molar-refractivity contribution in [3.63, 3.8) is 0 Å². The molecule has 6 heterocycles. The number of halogens is 3. The second-order valence-corrected chi connectivity index (χ2v) is 20.3. The molecule has 3 fully saturated rings. The maximum atomic E-state index is 14.8. The Kier molecular flexibility index (Phi) is 14.0. The lowest BCUT2D eigenvalue weighted by molar-refractivity contribution is -0.129. The van der Waals surface area contributed by atoms with Crippen LogP contribution in [0.1, 0.15) is 117 Å². The van der Waals surface area contributed by atoms with Crippen molar-refractivity contribution >= 4 is 34.7 Å². The van der Waals surface area contributed by atoms with Gasteiger partial charge in [-0.3, -0.25) is 19.5 Å². The summed E-state index contributed by atoms with van der Waals surface area (Å²) in [7, 11) is 1.80. The summed E-state index contributed by atoms with van der Waals surface area (Å²) in [5, 5.41) is 33.7. The van der Waals surface area contributed by atoms with Gasteiger partial charge in [-0.2, -0.15) is 15.5 Å². The topological polar surface area (TPSA) is 131 Å². The van der Waals surface area contributed by atoms with E-state index in [2.05, 4.69) is 48.0 Å². The van der Waals surface area contributed by atoms with E-state index in [4.69, 9.17) is 26.7 Å². The highest BCUT2D eigenvalue weighted by Crippen LogP contribution is 2.44. The first-order valence-electron chi connectivity index (χ1n) is 24.9. The van der Waals surface area contributed by atoms with Gasteiger partial charge in [0.15, 0.2) is 5.82 Å². The molecule has 13 nitrogen and oxygen atoms in total. The minimum Gasteiger partial charge on any atom is -0.490 e. The summed E-state index contributed by atoms with van der Waals surface area (Å²) < 4.78 is 39.6. The number of ether oxygens (including phenoxy) is 1. The molecular weight excluding hydrogens is 898 g/mol. The van der Waals surface area contributed by atoms with Crippen LogP contribution in [-0.4, -0.2) is 98.3 Å². The van der Waals surface area contributed by atoms with Crippen molar-refractivity contribution in [3.05, 3.63) is 106 Å². The Labute approximate surface area is 408 Å². The molecule has 2 saturated heterocycles. The number of hydrogen-bond acceptors (Lipinski definition) is 10. The van der Waals surface area contributed by atoms with Crippen LogP contribution in [0.25, 0.3) is 11.1 Å². The molecule has 0 bridgehead atoms. The second kappa shape index (κ2) is 20.4. The van der Waals surface area contributed by atoms with Crippen LogP contribution in [0, 0.1) is 17.2 Å². The summed E-state index contributed by atoms with van der Waals surface area (Å²) in [5.41, 5.74) is 7.73. The summed E-state index contributed by atoms with van der Waals surface area (Å²) in [6.07, 6.45) is 10.3. The summed E-state index contributed by atoms with van der Waals surface area (Å²) in [4.78, 5) is 21.8. The second-order valence-electron chi connectivity index (χ2n) is 19.9. The first-order valence-corrected chi connectivity index (χ1v) is 25.3. The lowest BCUT2D eigenvalue weighted by atomic mass is 9.92. The molecule has 16 heteroatoms. The Morgan fingerprint density at radius 1 is 0.957 bits per heavy atom. The van der Waals surface area contributed by atoms with Crippen molar-refractivity contribution in [2.45, 2.75) is 115 Å². The molecule has 364 valence electrons. The standard InChI is InChI=1S/C53H63ClF2N10O3/c1-34(67)64-25-19-49-47(33-64)52(65-20-3-4-37-26-45(39-30-58-61(2)32-39)46(51(55)56)28-50(37)65)60-66(49)42-17-21-62(22-18-42)31-35-15-23-63(24-16-35)41-10-5-36(6-11-41)53(68)59-40-8-13-43(14-9-40)69-44-12-7-38(29-57)48(54)27-44/h5-7,10-12,26-28,30,32,35,40,42-43,51,53,59,68H,3-4,8-9,13-25,31,33H2,1-2H3. The highest BCUT2D eigenvalue weighted by molar-refractivity contribution is 6.31. The SMILES string of the molecule is CC(=O)N1CCc2c(c(N3CCCc4cc(-c5cnn(C)c5)c(C(F)F)cc43)nn2C2CCN(CC3CCN(c4ccc(C(O)NC5CCC(Oc6ccc(C#N)c(Cl)c6)CC5)cc4)CC3)CC2)C1. The van der Waals surface area contributed by atoms with Gasteiger partial charge >= 0.3 is 0 Å². The molecule has 2 N–H and O–H groups in total. The monoisotopic (exact) mass is 960 g/mol. The average Bonchev–Trinajstić information content (AvgIpc) is 3.98. The van der Waals surface area contributed by atoms with E-state index in [1.165, 1.54) is 11.4 Å². The number of rotatable bonds is 12. The molecule has 2 aromatic heterocycles. The molecule has 1 unspecified atom stereocenters. The lowest BCUT2D eigenvalue weighted by Gasteiger charge is -2.39. The van der Waals surface area contributed by atoms with Crippen molar-refractivity contribution in [2.75, 3.05) is 55.6 Å². The zero-order valence-corrected chi connectivity index (χ0v) is 40.4. The fraction of sp³-hybridized carbons (Fsp3) is 0.509. The maximum absolute atomic E-state index is 14.8. The van der Waals surface area contributed by atoms with Crippen molar-refractivity contribution in [1.29, 1.82) is 5.26 Å². The van der Waals surface area contributed by atoms with Gasteiger partial charge in [0.05, 0.1) is 35.5 Å². The number of amides is 1. The molecule has 10 rings (SSSR count). The Bertz CT molecular complexity index is 2660. The van der Waals surface area contributed by atoms with E-state index >= 15 is 0 Å². The number of fused-ring (bicyclic) bond motifs is 2. The number of piperidine rings is 2. The molecule has 5 aromatic rings. The predicted molar refractivity (Wildman–Crippen MR) is 263 cm³/mol. The van der Waals surface area contributed by atoms with Gasteiger partial charge in [-0.15, -0.1) is 0 Å². The highest BCUT2D eigenvalue weighted by Gasteiger charge is 2.35. The normalized spacial score (nSPS) is 21.0. The molecule has 1 amide bonds. The number of hydrogen-bond donors (Lipinski definition) is 2. The van der Waals surface area contributed by atoms with E-state index in [1.807, 2.05) is 23.1 Å². The van der Waals surface area contributed by atoms with E-state index in [1.54, 1.807) is 55.3 Å². The van der Waals surface area contributed by atoms with Gasteiger partial charge in [0, 0.05) is 118 Å². The first kappa shape index (κ1) is 47.2. The van der Waals surface area contributed by atoms with Crippen LogP contribution >= 0.6 is 11.6 Å². The number of nitriles is 1. The number of aromatic nitrogens is 4. The smallest absolute Gasteiger partial charge is 0.264 e. The van der Waals surface area contributed by atoms with Crippen LogP contribution in [0.2, 0.25) is 5.02 Å². The fourth-order valence-electron chi connectivity index (χ4n) is 11.5.